The van der Waals surface area contributed by atoms with Crippen molar-refractivity contribution >= 4 is 12.1 Å². The number of nitrogens with one attached hydrogen (secondary N) is 1. The van der Waals surface area contributed by atoms with Crippen LogP contribution in [0.15, 0.2) is 91.0 Å². The predicted molar refractivity (Wildman–Crippen MR) is 142 cm³/mol. The minimum Gasteiger partial charge on any atom is -0.496 e. The molecule has 1 aliphatic rings. The van der Waals surface area contributed by atoms with Crippen LogP contribution in [0.1, 0.15) is 22.6 Å². The number of halogens is 1. The van der Waals surface area contributed by atoms with E-state index in [9.17, 15) is 19.1 Å². The summed E-state index contributed by atoms with van der Waals surface area (Å²) >= 11 is 0. The Kier molecular flexibility index (Phi) is 7.09. The molecule has 1 amide bonds. The average Bonchev–Trinajstić information content (AvgIpc) is 3.25. The monoisotopic (exact) mass is 511 g/mol. The summed E-state index contributed by atoms with van der Waals surface area (Å²) in [7, 11) is 1.47. The Labute approximate surface area is 219 Å². The van der Waals surface area contributed by atoms with Gasteiger partial charge < -0.3 is 19.9 Å². The summed E-state index contributed by atoms with van der Waals surface area (Å²) in [6.07, 6.45) is -0.715. The van der Waals surface area contributed by atoms with Gasteiger partial charge in [-0.1, -0.05) is 72.8 Å². The summed E-state index contributed by atoms with van der Waals surface area (Å²) in [5.74, 6) is -1.28. The van der Waals surface area contributed by atoms with Crippen molar-refractivity contribution in [3.05, 3.63) is 114 Å². The molecule has 1 aliphatic carbocycles. The maximum atomic E-state index is 13.5. The van der Waals surface area contributed by atoms with Crippen molar-refractivity contribution in [1.29, 1.82) is 0 Å². The molecule has 38 heavy (non-hydrogen) atoms. The van der Waals surface area contributed by atoms with Crippen LogP contribution in [0.25, 0.3) is 22.3 Å². The van der Waals surface area contributed by atoms with E-state index in [1.807, 2.05) is 48.5 Å². The summed E-state index contributed by atoms with van der Waals surface area (Å²) in [4.78, 5) is 24.5. The summed E-state index contributed by atoms with van der Waals surface area (Å²) in [6, 6.07) is 26.3. The smallest absolute Gasteiger partial charge is 0.407 e. The molecule has 1 unspecified atom stereocenters. The minimum atomic E-state index is -1.17. The van der Waals surface area contributed by atoms with Crippen molar-refractivity contribution in [3.63, 3.8) is 0 Å². The lowest BCUT2D eigenvalue weighted by Gasteiger charge is -2.18. The van der Waals surface area contributed by atoms with Crippen molar-refractivity contribution in [3.8, 4) is 28.0 Å². The van der Waals surface area contributed by atoms with Crippen LogP contribution in [0.4, 0.5) is 9.18 Å². The maximum Gasteiger partial charge on any atom is 0.407 e. The maximum absolute atomic E-state index is 13.5. The first-order valence-corrected chi connectivity index (χ1v) is 12.2. The molecular weight excluding hydrogens is 485 g/mol. The summed E-state index contributed by atoms with van der Waals surface area (Å²) in [5.41, 5.74) is 6.60. The largest absolute Gasteiger partial charge is 0.496 e. The zero-order valence-corrected chi connectivity index (χ0v) is 20.7. The van der Waals surface area contributed by atoms with E-state index in [4.69, 9.17) is 9.47 Å². The van der Waals surface area contributed by atoms with E-state index in [2.05, 4.69) is 5.32 Å². The summed E-state index contributed by atoms with van der Waals surface area (Å²) < 4.78 is 24.3. The lowest BCUT2D eigenvalue weighted by Crippen LogP contribution is -2.42. The fourth-order valence-electron chi connectivity index (χ4n) is 4.94. The van der Waals surface area contributed by atoms with Gasteiger partial charge in [0.1, 0.15) is 24.2 Å². The quantitative estimate of drug-likeness (QED) is 0.302. The Morgan fingerprint density at radius 2 is 1.53 bits per heavy atom. The number of carboxylic acid groups (broad SMARTS) is 1. The Morgan fingerprint density at radius 1 is 0.895 bits per heavy atom. The molecule has 0 aliphatic heterocycles. The fraction of sp³-hybridized carbons (Fsp3) is 0.161. The molecule has 0 saturated carbocycles. The van der Waals surface area contributed by atoms with Crippen molar-refractivity contribution < 1.29 is 28.6 Å². The lowest BCUT2D eigenvalue weighted by molar-refractivity contribution is -0.139. The van der Waals surface area contributed by atoms with Crippen molar-refractivity contribution in [2.45, 2.75) is 18.4 Å². The van der Waals surface area contributed by atoms with Gasteiger partial charge in [-0.3, -0.25) is 0 Å². The second-order valence-corrected chi connectivity index (χ2v) is 9.11. The molecule has 0 aromatic heterocycles. The zero-order valence-electron chi connectivity index (χ0n) is 20.7. The molecule has 192 valence electrons. The van der Waals surface area contributed by atoms with E-state index in [-0.39, 0.29) is 18.9 Å². The van der Waals surface area contributed by atoms with Gasteiger partial charge in [0.2, 0.25) is 0 Å². The third kappa shape index (κ3) is 5.09. The van der Waals surface area contributed by atoms with Gasteiger partial charge in [-0.15, -0.1) is 0 Å². The van der Waals surface area contributed by atoms with Crippen molar-refractivity contribution in [2.24, 2.45) is 0 Å². The lowest BCUT2D eigenvalue weighted by atomic mass is 9.98. The van der Waals surface area contributed by atoms with Gasteiger partial charge in [0.15, 0.2) is 0 Å². The van der Waals surface area contributed by atoms with Crippen LogP contribution >= 0.6 is 0 Å². The first-order chi connectivity index (χ1) is 18.4. The van der Waals surface area contributed by atoms with Gasteiger partial charge in [-0.05, 0) is 45.5 Å². The number of amides is 1. The Hall–Kier alpha value is -4.65. The second-order valence-electron chi connectivity index (χ2n) is 9.11. The topological polar surface area (TPSA) is 84.9 Å². The van der Waals surface area contributed by atoms with E-state index < -0.39 is 23.9 Å². The highest BCUT2D eigenvalue weighted by molar-refractivity contribution is 5.81. The van der Waals surface area contributed by atoms with E-state index >= 15 is 0 Å². The SMILES string of the molecule is COc1cc(F)ccc1-c1ccc(CC(NC(=O)OCC2c3ccccc3-c3ccccc32)C(=O)O)cc1. The Bertz CT molecular complexity index is 1440. The van der Waals surface area contributed by atoms with Gasteiger partial charge in [-0.2, -0.15) is 0 Å². The van der Waals surface area contributed by atoms with Gasteiger partial charge in [0.25, 0.3) is 0 Å². The zero-order chi connectivity index (χ0) is 26.6. The number of benzene rings is 4. The highest BCUT2D eigenvalue weighted by Crippen LogP contribution is 2.44. The highest BCUT2D eigenvalue weighted by Gasteiger charge is 2.29. The standard InChI is InChI=1S/C31H26FNO5/c1-37-29-17-21(32)14-15-22(29)20-12-10-19(11-13-20)16-28(30(34)35)33-31(36)38-18-27-25-8-4-2-6-23(25)24-7-3-5-9-26(24)27/h2-15,17,27-28H,16,18H2,1H3,(H,33,36)(H,34,35). The first kappa shape index (κ1) is 25.0. The highest BCUT2D eigenvalue weighted by atomic mass is 19.1. The number of rotatable bonds is 8. The average molecular weight is 512 g/mol. The molecule has 0 fully saturated rings. The van der Waals surface area contributed by atoms with Crippen LogP contribution in [0.2, 0.25) is 0 Å². The van der Waals surface area contributed by atoms with Gasteiger partial charge in [0, 0.05) is 24.0 Å². The molecule has 5 rings (SSSR count). The van der Waals surface area contributed by atoms with Gasteiger partial charge in [-0.25, -0.2) is 14.0 Å². The van der Waals surface area contributed by atoms with E-state index in [1.165, 1.54) is 19.2 Å². The molecule has 4 aromatic carbocycles. The third-order valence-corrected chi connectivity index (χ3v) is 6.80. The number of carbonyl (C=O) groups is 2. The van der Waals surface area contributed by atoms with Gasteiger partial charge >= 0.3 is 12.1 Å². The van der Waals surface area contributed by atoms with Gasteiger partial charge in [0.05, 0.1) is 7.11 Å². The van der Waals surface area contributed by atoms with E-state index in [0.717, 1.165) is 27.8 Å². The molecule has 2 N–H and O–H groups in total. The molecule has 7 heteroatoms. The van der Waals surface area contributed by atoms with Crippen LogP contribution in [-0.2, 0) is 16.0 Å². The van der Waals surface area contributed by atoms with E-state index in [0.29, 0.717) is 16.9 Å². The molecule has 0 heterocycles. The summed E-state index contributed by atoms with van der Waals surface area (Å²) in [6.45, 7) is 0.0976. The van der Waals surface area contributed by atoms with Crippen molar-refractivity contribution in [2.75, 3.05) is 13.7 Å². The molecular formula is C31H26FNO5. The Morgan fingerprint density at radius 3 is 2.13 bits per heavy atom. The third-order valence-electron chi connectivity index (χ3n) is 6.80. The van der Waals surface area contributed by atoms with Crippen LogP contribution in [-0.4, -0.2) is 36.9 Å². The number of carboxylic acids is 1. The number of ether oxygens (including phenoxy) is 2. The minimum absolute atomic E-state index is 0.0698. The molecule has 0 saturated heterocycles. The number of alkyl carbamates (subject to hydrolysis) is 1. The fourth-order valence-corrected chi connectivity index (χ4v) is 4.94. The van der Waals surface area contributed by atoms with Crippen LogP contribution in [0, 0.1) is 5.82 Å². The van der Waals surface area contributed by atoms with Crippen LogP contribution in [0.3, 0.4) is 0 Å². The van der Waals surface area contributed by atoms with Crippen molar-refractivity contribution in [1.82, 2.24) is 5.32 Å². The Balaban J connectivity index is 1.24. The second kappa shape index (κ2) is 10.8. The predicted octanol–water partition coefficient (Wildman–Crippen LogP) is 6.04. The molecule has 0 spiro atoms. The normalized spacial score (nSPS) is 12.8. The van der Waals surface area contributed by atoms with E-state index in [1.54, 1.807) is 30.3 Å². The molecule has 6 nitrogen and oxygen atoms in total. The van der Waals surface area contributed by atoms with Crippen LogP contribution in [0.5, 0.6) is 5.75 Å². The summed E-state index contributed by atoms with van der Waals surface area (Å²) in [5, 5.41) is 12.2. The number of hydrogen-bond donors (Lipinski definition) is 2. The molecule has 0 bridgehead atoms. The number of carbonyl (C=O) groups excluding carboxylic acids is 1. The molecule has 1 atom stereocenters. The van der Waals surface area contributed by atoms with Crippen LogP contribution < -0.4 is 10.1 Å². The number of hydrogen-bond acceptors (Lipinski definition) is 4. The molecule has 4 aromatic rings. The number of aliphatic carboxylic acids is 1. The number of methoxy groups -OCH3 is 1. The molecule has 0 radical (unpaired) electrons. The number of fused-ring (bicyclic) bond motifs is 3. The first-order valence-electron chi connectivity index (χ1n) is 12.2.